The largest absolute Gasteiger partial charge is 0.389 e. The molecule has 30 heavy (non-hydrogen) atoms. The van der Waals surface area contributed by atoms with E-state index in [0.29, 0.717) is 32.6 Å². The van der Waals surface area contributed by atoms with Crippen molar-refractivity contribution < 1.29 is 19.0 Å². The normalized spacial score (nSPS) is 16.1. The van der Waals surface area contributed by atoms with E-state index in [0.717, 1.165) is 16.8 Å². The van der Waals surface area contributed by atoms with E-state index in [4.69, 9.17) is 4.74 Å². The number of ether oxygens (including phenoxy) is 1. The van der Waals surface area contributed by atoms with Crippen LogP contribution in [0.1, 0.15) is 38.3 Å². The molecule has 1 aliphatic heterocycles. The van der Waals surface area contributed by atoms with Gasteiger partial charge in [-0.3, -0.25) is 4.79 Å². The molecule has 6 heteroatoms. The summed E-state index contributed by atoms with van der Waals surface area (Å²) in [4.78, 5) is 16.6. The van der Waals surface area contributed by atoms with Crippen molar-refractivity contribution in [2.24, 2.45) is 0 Å². The van der Waals surface area contributed by atoms with Crippen LogP contribution in [-0.4, -0.2) is 47.3 Å². The number of aliphatic hydroxyl groups excluding tert-OH is 1. The van der Waals surface area contributed by atoms with Crippen LogP contribution >= 0.6 is 0 Å². The number of aliphatic hydroxyl groups is 1. The minimum atomic E-state index is -0.711. The van der Waals surface area contributed by atoms with E-state index in [1.807, 2.05) is 56.0 Å². The molecule has 0 radical (unpaired) electrons. The summed E-state index contributed by atoms with van der Waals surface area (Å²) in [7, 11) is 0. The summed E-state index contributed by atoms with van der Waals surface area (Å²) in [6.45, 7) is 7.60. The van der Waals surface area contributed by atoms with Crippen molar-refractivity contribution in [3.05, 3.63) is 65.5 Å². The molecule has 0 fully saturated rings. The number of nitrogens with zero attached hydrogens (tertiary/aromatic N) is 2. The Kier molecular flexibility index (Phi) is 7.10. The van der Waals surface area contributed by atoms with Crippen molar-refractivity contribution in [2.45, 2.75) is 52.0 Å². The van der Waals surface area contributed by atoms with Gasteiger partial charge in [0.15, 0.2) is 0 Å². The van der Waals surface area contributed by atoms with Crippen LogP contribution in [0.4, 0.5) is 10.1 Å². The molecule has 162 valence electrons. The summed E-state index contributed by atoms with van der Waals surface area (Å²) in [6, 6.07) is 14.4. The number of β-amino-alcohol motifs (C(OH)–C–C–N with tert-alkyl or cyclic N) is 1. The Hall–Kier alpha value is -2.44. The molecular formula is C24H31FN2O3. The van der Waals surface area contributed by atoms with E-state index in [-0.39, 0.29) is 23.9 Å². The fourth-order valence-corrected chi connectivity index (χ4v) is 3.58. The molecule has 0 aromatic heterocycles. The van der Waals surface area contributed by atoms with E-state index in [1.165, 1.54) is 12.1 Å². The van der Waals surface area contributed by atoms with Gasteiger partial charge in [0, 0.05) is 38.3 Å². The highest BCUT2D eigenvalue weighted by molar-refractivity contribution is 5.78. The summed E-state index contributed by atoms with van der Waals surface area (Å²) in [5.41, 5.74) is 2.28. The molecule has 0 aliphatic carbocycles. The van der Waals surface area contributed by atoms with E-state index < -0.39 is 6.10 Å². The van der Waals surface area contributed by atoms with Crippen molar-refractivity contribution >= 4 is 11.6 Å². The van der Waals surface area contributed by atoms with Gasteiger partial charge in [0.1, 0.15) is 5.82 Å². The highest BCUT2D eigenvalue weighted by atomic mass is 19.1. The van der Waals surface area contributed by atoms with Crippen molar-refractivity contribution in [3.8, 4) is 0 Å². The lowest BCUT2D eigenvalue weighted by atomic mass is 10.1. The van der Waals surface area contributed by atoms with Crippen LogP contribution in [0, 0.1) is 5.82 Å². The maximum absolute atomic E-state index is 14.0. The van der Waals surface area contributed by atoms with E-state index in [1.54, 1.807) is 11.0 Å². The second-order valence-electron chi connectivity index (χ2n) is 8.78. The number of hydrogen-bond donors (Lipinski definition) is 1. The maximum Gasteiger partial charge on any atom is 0.224 e. The standard InChI is InChI=1S/C24H31FN2O3/c1-24(2,3)30-17-21(28)16-26-12-11-23(29)27(14-18-7-5-4-6-8-18)15-19-13-20(25)9-10-22(19)26/h4-10,13,21,28H,11-12,14-17H2,1-3H3. The van der Waals surface area contributed by atoms with Crippen LogP contribution in [0.2, 0.25) is 0 Å². The molecule has 0 saturated heterocycles. The smallest absolute Gasteiger partial charge is 0.224 e. The molecular weight excluding hydrogens is 383 g/mol. The Labute approximate surface area is 178 Å². The summed E-state index contributed by atoms with van der Waals surface area (Å²) in [5, 5.41) is 10.5. The van der Waals surface area contributed by atoms with Gasteiger partial charge in [-0.25, -0.2) is 4.39 Å². The van der Waals surface area contributed by atoms with Gasteiger partial charge >= 0.3 is 0 Å². The molecule has 3 rings (SSSR count). The molecule has 2 aromatic carbocycles. The summed E-state index contributed by atoms with van der Waals surface area (Å²) in [6.07, 6.45) is -0.381. The van der Waals surface area contributed by atoms with Crippen molar-refractivity contribution in [3.63, 3.8) is 0 Å². The van der Waals surface area contributed by atoms with Crippen LogP contribution in [-0.2, 0) is 22.6 Å². The number of hydrogen-bond acceptors (Lipinski definition) is 4. The first-order chi connectivity index (χ1) is 14.2. The third-order valence-corrected chi connectivity index (χ3v) is 5.05. The molecule has 0 bridgehead atoms. The maximum atomic E-state index is 14.0. The molecule has 1 N–H and O–H groups in total. The van der Waals surface area contributed by atoms with Crippen LogP contribution in [0.5, 0.6) is 0 Å². The van der Waals surface area contributed by atoms with E-state index >= 15 is 0 Å². The second-order valence-corrected chi connectivity index (χ2v) is 8.78. The highest BCUT2D eigenvalue weighted by Crippen LogP contribution is 2.27. The molecule has 1 amide bonds. The summed E-state index contributed by atoms with van der Waals surface area (Å²) >= 11 is 0. The Bertz CT molecular complexity index is 851. The number of rotatable bonds is 6. The molecule has 1 aliphatic rings. The van der Waals surface area contributed by atoms with Gasteiger partial charge in [-0.05, 0) is 50.1 Å². The monoisotopic (exact) mass is 414 g/mol. The number of carbonyl (C=O) groups excluding carboxylic acids is 1. The quantitative estimate of drug-likeness (QED) is 0.782. The van der Waals surface area contributed by atoms with Gasteiger partial charge in [0.25, 0.3) is 0 Å². The van der Waals surface area contributed by atoms with Crippen LogP contribution < -0.4 is 4.90 Å². The van der Waals surface area contributed by atoms with Gasteiger partial charge in [-0.15, -0.1) is 0 Å². The Morgan fingerprint density at radius 1 is 1.13 bits per heavy atom. The van der Waals surface area contributed by atoms with Gasteiger partial charge in [-0.2, -0.15) is 0 Å². The third-order valence-electron chi connectivity index (χ3n) is 5.05. The molecule has 0 spiro atoms. The average Bonchev–Trinajstić information content (AvgIpc) is 2.68. The van der Waals surface area contributed by atoms with Gasteiger partial charge < -0.3 is 19.6 Å². The van der Waals surface area contributed by atoms with E-state index in [2.05, 4.69) is 0 Å². The molecule has 2 aromatic rings. The van der Waals surface area contributed by atoms with Crippen molar-refractivity contribution in [1.82, 2.24) is 4.90 Å². The zero-order valence-corrected chi connectivity index (χ0v) is 18.0. The molecule has 1 heterocycles. The lowest BCUT2D eigenvalue weighted by Gasteiger charge is -2.35. The topological polar surface area (TPSA) is 53.0 Å². The Morgan fingerprint density at radius 2 is 1.87 bits per heavy atom. The van der Waals surface area contributed by atoms with Gasteiger partial charge in [0.05, 0.1) is 18.3 Å². The zero-order valence-electron chi connectivity index (χ0n) is 18.0. The van der Waals surface area contributed by atoms with Crippen molar-refractivity contribution in [2.75, 3.05) is 24.6 Å². The zero-order chi connectivity index (χ0) is 21.7. The van der Waals surface area contributed by atoms with Gasteiger partial charge in [0.2, 0.25) is 5.91 Å². The molecule has 5 nitrogen and oxygen atoms in total. The first-order valence-corrected chi connectivity index (χ1v) is 10.4. The SMILES string of the molecule is CC(C)(C)OCC(O)CN1CCC(=O)N(Cc2ccccc2)Cc2cc(F)ccc21. The number of carbonyl (C=O) groups is 1. The first kappa shape index (κ1) is 22.2. The first-order valence-electron chi connectivity index (χ1n) is 10.4. The highest BCUT2D eigenvalue weighted by Gasteiger charge is 2.25. The van der Waals surface area contributed by atoms with E-state index in [9.17, 15) is 14.3 Å². The average molecular weight is 415 g/mol. The minimum absolute atomic E-state index is 0.0131. The summed E-state index contributed by atoms with van der Waals surface area (Å²) < 4.78 is 19.7. The number of benzene rings is 2. The molecule has 1 unspecified atom stereocenters. The number of amides is 1. The predicted octanol–water partition coefficient (Wildman–Crippen LogP) is 3.74. The lowest BCUT2D eigenvalue weighted by molar-refractivity contribution is -0.132. The van der Waals surface area contributed by atoms with Gasteiger partial charge in [-0.1, -0.05) is 30.3 Å². The van der Waals surface area contributed by atoms with Crippen LogP contribution in [0.3, 0.4) is 0 Å². The number of fused-ring (bicyclic) bond motifs is 1. The molecule has 0 saturated carbocycles. The minimum Gasteiger partial charge on any atom is -0.389 e. The number of anilines is 1. The predicted molar refractivity (Wildman–Crippen MR) is 116 cm³/mol. The third kappa shape index (κ3) is 6.28. The van der Waals surface area contributed by atoms with Crippen molar-refractivity contribution in [1.29, 1.82) is 0 Å². The number of halogens is 1. The fourth-order valence-electron chi connectivity index (χ4n) is 3.58. The lowest BCUT2D eigenvalue weighted by Crippen LogP contribution is -2.42. The Balaban J connectivity index is 1.79. The Morgan fingerprint density at radius 3 is 2.57 bits per heavy atom. The van der Waals surface area contributed by atoms with Crippen LogP contribution in [0.25, 0.3) is 0 Å². The summed E-state index contributed by atoms with van der Waals surface area (Å²) in [5.74, 6) is -0.322. The second kappa shape index (κ2) is 9.58. The fraction of sp³-hybridized carbons (Fsp3) is 0.458. The molecule has 1 atom stereocenters. The van der Waals surface area contributed by atoms with Crippen LogP contribution in [0.15, 0.2) is 48.5 Å².